The minimum atomic E-state index is 0.275. The number of nitrogens with zero attached hydrogens (tertiary/aromatic N) is 2. The van der Waals surface area contributed by atoms with Crippen molar-refractivity contribution in [2.45, 2.75) is 19.8 Å². The summed E-state index contributed by atoms with van der Waals surface area (Å²) in [5.41, 5.74) is 8.15. The lowest BCUT2D eigenvalue weighted by molar-refractivity contribution is 0.829. The molecule has 0 spiro atoms. The van der Waals surface area contributed by atoms with E-state index in [0.29, 0.717) is 11.6 Å². The third-order valence-corrected chi connectivity index (χ3v) is 2.44. The van der Waals surface area contributed by atoms with Gasteiger partial charge in [0.2, 0.25) is 5.28 Å². The lowest BCUT2D eigenvalue weighted by atomic mass is 10.0. The van der Waals surface area contributed by atoms with Crippen molar-refractivity contribution in [1.29, 1.82) is 0 Å². The Bertz CT molecular complexity index is 503. The van der Waals surface area contributed by atoms with Gasteiger partial charge in [0.1, 0.15) is 0 Å². The fourth-order valence-corrected chi connectivity index (χ4v) is 1.76. The van der Waals surface area contributed by atoms with Crippen LogP contribution >= 0.6 is 11.6 Å². The first kappa shape index (κ1) is 10.2. The maximum atomic E-state index is 5.86. The molecule has 4 heteroatoms. The number of fused-ring (bicyclic) bond motifs is 1. The summed E-state index contributed by atoms with van der Waals surface area (Å²) in [5, 5.41) is 1.29. The Hall–Kier alpha value is -1.35. The van der Waals surface area contributed by atoms with E-state index in [2.05, 4.69) is 23.8 Å². The van der Waals surface area contributed by atoms with E-state index in [-0.39, 0.29) is 5.28 Å². The number of anilines is 1. The van der Waals surface area contributed by atoms with Crippen molar-refractivity contribution in [3.05, 3.63) is 29.2 Å². The fourth-order valence-electron chi connectivity index (χ4n) is 1.58. The highest BCUT2D eigenvalue weighted by atomic mass is 35.5. The van der Waals surface area contributed by atoms with Crippen molar-refractivity contribution >= 4 is 28.2 Å². The molecule has 0 aliphatic carbocycles. The third kappa shape index (κ3) is 1.88. The summed E-state index contributed by atoms with van der Waals surface area (Å²) in [7, 11) is 0. The Kier molecular flexibility index (Phi) is 2.49. The smallest absolute Gasteiger partial charge is 0.223 e. The van der Waals surface area contributed by atoms with Crippen LogP contribution in [0.25, 0.3) is 10.9 Å². The van der Waals surface area contributed by atoms with E-state index in [1.165, 1.54) is 0 Å². The molecule has 0 atom stereocenters. The number of aromatic nitrogens is 2. The van der Waals surface area contributed by atoms with Crippen LogP contribution in [0.4, 0.5) is 5.69 Å². The minimum absolute atomic E-state index is 0.275. The van der Waals surface area contributed by atoms with Crippen molar-refractivity contribution in [1.82, 2.24) is 9.97 Å². The number of hydrogen-bond donors (Lipinski definition) is 1. The van der Waals surface area contributed by atoms with Crippen LogP contribution in [0.15, 0.2) is 18.2 Å². The lowest BCUT2D eigenvalue weighted by Crippen LogP contribution is -1.98. The number of hydrogen-bond acceptors (Lipinski definition) is 3. The zero-order valence-corrected chi connectivity index (χ0v) is 9.42. The van der Waals surface area contributed by atoms with Crippen molar-refractivity contribution in [2.24, 2.45) is 0 Å². The minimum Gasteiger partial charge on any atom is -0.399 e. The second-order valence-corrected chi connectivity index (χ2v) is 4.15. The van der Waals surface area contributed by atoms with Gasteiger partial charge >= 0.3 is 0 Å². The Morgan fingerprint density at radius 3 is 2.67 bits per heavy atom. The Labute approximate surface area is 93.3 Å². The molecule has 2 N–H and O–H groups in total. The van der Waals surface area contributed by atoms with Crippen molar-refractivity contribution in [2.75, 3.05) is 5.73 Å². The molecule has 0 bridgehead atoms. The van der Waals surface area contributed by atoms with Crippen molar-refractivity contribution < 1.29 is 0 Å². The number of halogens is 1. The molecule has 2 rings (SSSR count). The van der Waals surface area contributed by atoms with E-state index >= 15 is 0 Å². The largest absolute Gasteiger partial charge is 0.399 e. The van der Waals surface area contributed by atoms with Gasteiger partial charge in [-0.15, -0.1) is 0 Å². The summed E-state index contributed by atoms with van der Waals surface area (Å²) in [6.07, 6.45) is 0. The van der Waals surface area contributed by atoms with Crippen LogP contribution in [-0.2, 0) is 0 Å². The van der Waals surface area contributed by atoms with Gasteiger partial charge in [0.05, 0.1) is 11.2 Å². The third-order valence-electron chi connectivity index (χ3n) is 2.27. The molecule has 3 nitrogen and oxygen atoms in total. The van der Waals surface area contributed by atoms with E-state index in [1.54, 1.807) is 0 Å². The zero-order valence-electron chi connectivity index (χ0n) is 8.66. The van der Waals surface area contributed by atoms with Gasteiger partial charge < -0.3 is 5.73 Å². The van der Waals surface area contributed by atoms with Gasteiger partial charge in [-0.05, 0) is 35.7 Å². The molecule has 78 valence electrons. The summed E-state index contributed by atoms with van der Waals surface area (Å²) in [6.45, 7) is 4.16. The number of nitrogens with two attached hydrogens (primary N) is 1. The molecule has 15 heavy (non-hydrogen) atoms. The zero-order chi connectivity index (χ0) is 11.0. The molecular formula is C11H12ClN3. The van der Waals surface area contributed by atoms with E-state index in [0.717, 1.165) is 16.6 Å². The van der Waals surface area contributed by atoms with Gasteiger partial charge in [-0.3, -0.25) is 0 Å². The maximum absolute atomic E-state index is 5.86. The van der Waals surface area contributed by atoms with Gasteiger partial charge in [0, 0.05) is 11.1 Å². The van der Waals surface area contributed by atoms with Crippen LogP contribution in [0.3, 0.4) is 0 Å². The second kappa shape index (κ2) is 3.66. The predicted octanol–water partition coefficient (Wildman–Crippen LogP) is 2.99. The summed E-state index contributed by atoms with van der Waals surface area (Å²) in [4.78, 5) is 8.40. The van der Waals surface area contributed by atoms with Crippen LogP contribution < -0.4 is 5.73 Å². The standard InChI is InChI=1S/C11H12ClN3/c1-6(2)10-8-4-3-7(13)5-9(8)14-11(12)15-10/h3-6H,13H2,1-2H3. The number of benzene rings is 1. The highest BCUT2D eigenvalue weighted by Crippen LogP contribution is 2.25. The average molecular weight is 222 g/mol. The van der Waals surface area contributed by atoms with Gasteiger partial charge in [0.25, 0.3) is 0 Å². The molecule has 0 saturated heterocycles. The number of rotatable bonds is 1. The van der Waals surface area contributed by atoms with Crippen LogP contribution in [-0.4, -0.2) is 9.97 Å². The Balaban J connectivity index is 2.80. The quantitative estimate of drug-likeness (QED) is 0.595. The molecule has 0 saturated carbocycles. The number of nitrogen functional groups attached to an aromatic ring is 1. The molecule has 0 radical (unpaired) electrons. The first-order valence-electron chi connectivity index (χ1n) is 4.80. The molecule has 0 aliphatic rings. The lowest BCUT2D eigenvalue weighted by Gasteiger charge is -2.09. The van der Waals surface area contributed by atoms with Crippen molar-refractivity contribution in [3.8, 4) is 0 Å². The highest BCUT2D eigenvalue weighted by molar-refractivity contribution is 6.28. The summed E-state index contributed by atoms with van der Waals surface area (Å²) < 4.78 is 0. The molecule has 0 amide bonds. The molecule has 0 aliphatic heterocycles. The highest BCUT2D eigenvalue weighted by Gasteiger charge is 2.09. The molecule has 1 aromatic heterocycles. The van der Waals surface area contributed by atoms with Gasteiger partial charge in [-0.1, -0.05) is 13.8 Å². The van der Waals surface area contributed by atoms with Crippen molar-refractivity contribution in [3.63, 3.8) is 0 Å². The molecule has 0 unspecified atom stereocenters. The maximum Gasteiger partial charge on any atom is 0.223 e. The normalized spacial score (nSPS) is 11.2. The van der Waals surface area contributed by atoms with Crippen LogP contribution in [0.5, 0.6) is 0 Å². The molecule has 2 aromatic rings. The van der Waals surface area contributed by atoms with Crippen LogP contribution in [0.2, 0.25) is 5.28 Å². The second-order valence-electron chi connectivity index (χ2n) is 3.81. The average Bonchev–Trinajstić information content (AvgIpc) is 2.15. The van der Waals surface area contributed by atoms with Gasteiger partial charge in [-0.2, -0.15) is 0 Å². The van der Waals surface area contributed by atoms with Gasteiger partial charge in [-0.25, -0.2) is 9.97 Å². The monoisotopic (exact) mass is 221 g/mol. The van der Waals surface area contributed by atoms with E-state index < -0.39 is 0 Å². The summed E-state index contributed by atoms with van der Waals surface area (Å²) in [5.74, 6) is 0.316. The van der Waals surface area contributed by atoms with Gasteiger partial charge in [0.15, 0.2) is 0 Å². The SMILES string of the molecule is CC(C)c1nc(Cl)nc2cc(N)ccc12. The molecule has 1 heterocycles. The van der Waals surface area contributed by atoms with Crippen LogP contribution in [0, 0.1) is 0 Å². The molecule has 0 fully saturated rings. The van der Waals surface area contributed by atoms with E-state index in [9.17, 15) is 0 Å². The summed E-state index contributed by atoms with van der Waals surface area (Å²) >= 11 is 5.86. The fraction of sp³-hybridized carbons (Fsp3) is 0.273. The topological polar surface area (TPSA) is 51.8 Å². The van der Waals surface area contributed by atoms with E-state index in [1.807, 2.05) is 18.2 Å². The van der Waals surface area contributed by atoms with Crippen LogP contribution in [0.1, 0.15) is 25.5 Å². The van der Waals surface area contributed by atoms with E-state index in [4.69, 9.17) is 17.3 Å². The Morgan fingerprint density at radius 1 is 1.27 bits per heavy atom. The molecule has 1 aromatic carbocycles. The Morgan fingerprint density at radius 2 is 2.00 bits per heavy atom. The predicted molar refractivity (Wildman–Crippen MR) is 63.0 cm³/mol. The summed E-state index contributed by atoms with van der Waals surface area (Å²) in [6, 6.07) is 5.61. The first-order valence-corrected chi connectivity index (χ1v) is 5.18. The first-order chi connectivity index (χ1) is 7.08. The molecular weight excluding hydrogens is 210 g/mol.